The number of hydrogen-bond donors (Lipinski definition) is 7. The van der Waals surface area contributed by atoms with Gasteiger partial charge in [0.2, 0.25) is 5.91 Å². The van der Waals surface area contributed by atoms with E-state index in [0.717, 1.165) is 69.1 Å². The molecule has 1 aliphatic rings. The molecule has 1 saturated carbocycles. The van der Waals surface area contributed by atoms with E-state index in [2.05, 4.69) is 87.0 Å². The monoisotopic (exact) mass is 788 g/mol. The maximum absolute atomic E-state index is 11.1. The Morgan fingerprint density at radius 1 is 0.891 bits per heavy atom. The summed E-state index contributed by atoms with van der Waals surface area (Å²) in [6.45, 7) is 30.0. The molecule has 328 valence electrons. The van der Waals surface area contributed by atoms with E-state index in [1.54, 1.807) is 0 Å². The fourth-order valence-electron chi connectivity index (χ4n) is 4.90. The van der Waals surface area contributed by atoms with Crippen molar-refractivity contribution in [2.24, 2.45) is 23.5 Å². The van der Waals surface area contributed by atoms with E-state index in [4.69, 9.17) is 31.8 Å². The molecule has 12 heteroatoms. The van der Waals surface area contributed by atoms with Gasteiger partial charge in [-0.3, -0.25) is 4.79 Å². The number of nitrogens with two attached hydrogens (primary N) is 1. The van der Waals surface area contributed by atoms with Crippen LogP contribution in [0.3, 0.4) is 0 Å². The van der Waals surface area contributed by atoms with Crippen molar-refractivity contribution in [1.82, 2.24) is 21.3 Å². The third-order valence-electron chi connectivity index (χ3n) is 8.17. The van der Waals surface area contributed by atoms with Crippen LogP contribution in [0.5, 0.6) is 0 Å². The lowest BCUT2D eigenvalue weighted by Crippen LogP contribution is -2.34. The first-order chi connectivity index (χ1) is 26.1. The van der Waals surface area contributed by atoms with Gasteiger partial charge in [0.15, 0.2) is 0 Å². The second kappa shape index (κ2) is 41.2. The van der Waals surface area contributed by atoms with Crippen molar-refractivity contribution in [3.63, 3.8) is 0 Å². The highest BCUT2D eigenvalue weighted by Gasteiger charge is 2.34. The highest BCUT2D eigenvalue weighted by Crippen LogP contribution is 2.44. The molecule has 0 radical (unpaired) electrons. The first kappa shape index (κ1) is 59.3. The van der Waals surface area contributed by atoms with E-state index < -0.39 is 6.09 Å². The summed E-state index contributed by atoms with van der Waals surface area (Å²) in [4.78, 5) is 21.6. The van der Waals surface area contributed by atoms with Gasteiger partial charge in [0, 0.05) is 70.8 Å². The molecule has 0 bridgehead atoms. The molecule has 0 aromatic rings. The molecule has 12 nitrogen and oxygen atoms in total. The van der Waals surface area contributed by atoms with Crippen molar-refractivity contribution >= 4 is 12.0 Å². The highest BCUT2D eigenvalue weighted by molar-refractivity contribution is 5.75. The molecule has 8 N–H and O–H groups in total. The Morgan fingerprint density at radius 3 is 2.02 bits per heavy atom. The maximum atomic E-state index is 11.1. The third-order valence-corrected chi connectivity index (χ3v) is 8.17. The second-order valence-electron chi connectivity index (χ2n) is 15.0. The minimum atomic E-state index is -0.479. The predicted molar refractivity (Wildman–Crippen MR) is 231 cm³/mol. The lowest BCUT2D eigenvalue weighted by Gasteiger charge is -2.30. The Hall–Kier alpha value is -2.40. The number of hydrogen-bond acceptors (Lipinski definition) is 10. The molecule has 0 heterocycles. The summed E-state index contributed by atoms with van der Waals surface area (Å²) < 4.78 is 16.2. The van der Waals surface area contributed by atoms with Crippen LogP contribution in [0.1, 0.15) is 140 Å². The molecule has 0 saturated heterocycles. The molecule has 2 atom stereocenters. The lowest BCUT2D eigenvalue weighted by atomic mass is 10.0. The van der Waals surface area contributed by atoms with Crippen molar-refractivity contribution in [2.75, 3.05) is 72.8 Å². The minimum Gasteiger partial charge on any atom is -0.453 e. The van der Waals surface area contributed by atoms with Crippen LogP contribution in [-0.2, 0) is 19.0 Å². The molecule has 1 fully saturated rings. The van der Waals surface area contributed by atoms with Gasteiger partial charge in [-0.15, -0.1) is 12.3 Å². The van der Waals surface area contributed by atoms with Gasteiger partial charge in [-0.2, -0.15) is 0 Å². The Kier molecular flexibility index (Phi) is 44.5. The molecule has 0 aromatic heterocycles. The molecule has 0 aliphatic heterocycles. The summed E-state index contributed by atoms with van der Waals surface area (Å²) in [5, 5.41) is 28.4. The van der Waals surface area contributed by atoms with Crippen LogP contribution in [0.4, 0.5) is 4.79 Å². The molecule has 1 aliphatic carbocycles. The van der Waals surface area contributed by atoms with E-state index in [1.807, 2.05) is 20.8 Å². The smallest absolute Gasteiger partial charge is 0.406 e. The van der Waals surface area contributed by atoms with E-state index in [1.165, 1.54) is 32.8 Å². The average molecular weight is 788 g/mol. The average Bonchev–Trinajstić information content (AvgIpc) is 3.89. The van der Waals surface area contributed by atoms with Crippen molar-refractivity contribution < 1.29 is 34.0 Å². The SMILES string of the molecule is C#CCCC1CC1CCC.C=C(CC(C)(C)OCCC(C)(C)OCCNCCO)NCCN.CC.CC(C)CCO.CCCCC(=O)NCCNC(=O)OC. The van der Waals surface area contributed by atoms with E-state index in [9.17, 15) is 9.59 Å². The number of carbonyl (C=O) groups excluding carboxylic acids is 2. The standard InChI is InChI=1S/C17H37N3O3.C10H16.C9H18N2O3.C5H12O.C2H6/c1-15(20-8-7-18)14-17(4,5)22-12-6-16(2,3)23-13-10-19-9-11-21;1-3-5-7-10-8-9(10)6-4-2;1-3-4-5-8(12)10-6-7-11-9(13)14-2;1-5(2)3-4-6;1-2/h19-21H,1,6-14,18H2,2-5H3;1,9-10H,4-8H2,2H3;3-7H2,1-2H3,(H,10,12)(H,11,13);5-6H,3-4H2,1-2H3;1-2H3. The van der Waals surface area contributed by atoms with Gasteiger partial charge < -0.3 is 51.4 Å². The molecular formula is C43H89N5O7. The summed E-state index contributed by atoms with van der Waals surface area (Å²) in [5.41, 5.74) is 5.92. The minimum absolute atomic E-state index is 0.0264. The summed E-state index contributed by atoms with van der Waals surface area (Å²) in [5.74, 6) is 5.41. The van der Waals surface area contributed by atoms with Crippen molar-refractivity contribution in [3.8, 4) is 12.3 Å². The number of unbranched alkanes of at least 4 members (excludes halogenated alkanes) is 1. The number of carbonyl (C=O) groups is 2. The van der Waals surface area contributed by atoms with Crippen LogP contribution in [0.15, 0.2) is 12.3 Å². The van der Waals surface area contributed by atoms with Gasteiger partial charge in [0.1, 0.15) is 0 Å². The van der Waals surface area contributed by atoms with E-state index in [-0.39, 0.29) is 23.7 Å². The fraction of sp³-hybridized carbons (Fsp3) is 0.860. The molecule has 0 aromatic carbocycles. The fourth-order valence-corrected chi connectivity index (χ4v) is 4.90. The third kappa shape index (κ3) is 47.7. The number of amides is 2. The number of alkyl carbamates (subject to hydrolysis) is 1. The van der Waals surface area contributed by atoms with Crippen molar-refractivity contribution in [3.05, 3.63) is 12.3 Å². The van der Waals surface area contributed by atoms with Crippen LogP contribution in [0.25, 0.3) is 0 Å². The second-order valence-corrected chi connectivity index (χ2v) is 15.0. The summed E-state index contributed by atoms with van der Waals surface area (Å²) in [6.07, 6.45) is 16.1. The van der Waals surface area contributed by atoms with Crippen LogP contribution in [0.2, 0.25) is 0 Å². The van der Waals surface area contributed by atoms with Gasteiger partial charge in [-0.05, 0) is 77.6 Å². The maximum Gasteiger partial charge on any atom is 0.406 e. The zero-order chi connectivity index (χ0) is 43.0. The Labute approximate surface area is 338 Å². The van der Waals surface area contributed by atoms with Gasteiger partial charge in [0.25, 0.3) is 0 Å². The first-order valence-corrected chi connectivity index (χ1v) is 20.9. The Balaban J connectivity index is -0.000000344. The number of rotatable bonds is 27. The van der Waals surface area contributed by atoms with Crippen LogP contribution < -0.4 is 27.0 Å². The summed E-state index contributed by atoms with van der Waals surface area (Å²) >= 11 is 0. The lowest BCUT2D eigenvalue weighted by molar-refractivity contribution is -0.121. The van der Waals surface area contributed by atoms with Gasteiger partial charge in [-0.1, -0.05) is 67.4 Å². The molecule has 2 amide bonds. The van der Waals surface area contributed by atoms with Crippen molar-refractivity contribution in [2.45, 2.75) is 151 Å². The van der Waals surface area contributed by atoms with Gasteiger partial charge >= 0.3 is 6.09 Å². The summed E-state index contributed by atoms with van der Waals surface area (Å²) in [6, 6.07) is 0. The zero-order valence-electron chi connectivity index (χ0n) is 37.4. The normalized spacial score (nSPS) is 14.1. The van der Waals surface area contributed by atoms with Crippen LogP contribution in [-0.4, -0.2) is 106 Å². The number of methoxy groups -OCH3 is 1. The van der Waals surface area contributed by atoms with E-state index >= 15 is 0 Å². The number of aliphatic hydroxyl groups excluding tert-OH is 2. The number of aliphatic hydroxyl groups is 2. The zero-order valence-corrected chi connectivity index (χ0v) is 37.4. The van der Waals surface area contributed by atoms with Gasteiger partial charge in [0.05, 0.1) is 38.1 Å². The van der Waals surface area contributed by atoms with Crippen molar-refractivity contribution in [1.29, 1.82) is 0 Å². The molecule has 0 spiro atoms. The molecule has 55 heavy (non-hydrogen) atoms. The molecular weight excluding hydrogens is 699 g/mol. The highest BCUT2D eigenvalue weighted by atomic mass is 16.5. The van der Waals surface area contributed by atoms with Crippen LogP contribution in [0, 0.1) is 30.1 Å². The molecule has 2 unspecified atom stereocenters. The van der Waals surface area contributed by atoms with E-state index in [0.29, 0.717) is 58.3 Å². The molecule has 1 rings (SSSR count). The number of terminal acetylenes is 1. The first-order valence-electron chi connectivity index (χ1n) is 20.9. The Bertz CT molecular complexity index is 926. The summed E-state index contributed by atoms with van der Waals surface area (Å²) in [7, 11) is 1.30. The quantitative estimate of drug-likeness (QED) is 0.0358. The largest absolute Gasteiger partial charge is 0.453 e. The predicted octanol–water partition coefficient (Wildman–Crippen LogP) is 6.54. The van der Waals surface area contributed by atoms with Gasteiger partial charge in [-0.25, -0.2) is 4.79 Å². The topological polar surface area (TPSA) is 176 Å². The number of ether oxygens (including phenoxy) is 3. The number of nitrogens with one attached hydrogen (secondary N) is 4. The van der Waals surface area contributed by atoms with Crippen LogP contribution >= 0.6 is 0 Å². The Morgan fingerprint density at radius 2 is 1.51 bits per heavy atom.